The van der Waals surface area contributed by atoms with Crippen LogP contribution in [0.2, 0.25) is 0 Å². The van der Waals surface area contributed by atoms with Gasteiger partial charge in [0.25, 0.3) is 0 Å². The van der Waals surface area contributed by atoms with E-state index < -0.39 is 0 Å². The summed E-state index contributed by atoms with van der Waals surface area (Å²) in [6.07, 6.45) is 16.4. The van der Waals surface area contributed by atoms with Gasteiger partial charge in [-0.25, -0.2) is 0 Å². The molecule has 1 nitrogen and oxygen atoms in total. The fourth-order valence-electron chi connectivity index (χ4n) is 2.64. The van der Waals surface area contributed by atoms with Crippen molar-refractivity contribution in [2.45, 2.75) is 76.2 Å². The number of halogens is 2. The molecule has 3 heteroatoms. The molecular weight excluding hydrogens is 381 g/mol. The van der Waals surface area contributed by atoms with Gasteiger partial charge in [0.05, 0.1) is 13.1 Å². The first-order valence-electron chi connectivity index (χ1n) is 8.06. The predicted octanol–water partition coefficient (Wildman–Crippen LogP) is 2.38. The third-order valence-electron chi connectivity index (χ3n) is 4.07. The van der Waals surface area contributed by atoms with Gasteiger partial charge in [0.15, 0.2) is 0 Å². The standard InChI is InChI=1S/C17H33IN.ClH/c1-5-8-10-12-15-19(14-7-3,17(4)18)16-13-11-9-6-2;/h3,17H,5-6,8-16H2,1-2,4H3;1H/q+1;/p-1. The highest BCUT2D eigenvalue weighted by Gasteiger charge is 2.30. The predicted molar refractivity (Wildman–Crippen MR) is 95.5 cm³/mol. The smallest absolute Gasteiger partial charge is 0.141 e. The van der Waals surface area contributed by atoms with Crippen molar-refractivity contribution in [3.63, 3.8) is 0 Å². The number of terminal acetylenes is 1. The molecule has 0 aliphatic rings. The molecule has 0 radical (unpaired) electrons. The van der Waals surface area contributed by atoms with Crippen molar-refractivity contribution >= 4 is 22.6 Å². The molecular formula is C17H33ClIN. The topological polar surface area (TPSA) is 0 Å². The Balaban J connectivity index is 0. The van der Waals surface area contributed by atoms with Gasteiger partial charge >= 0.3 is 0 Å². The van der Waals surface area contributed by atoms with Crippen LogP contribution < -0.4 is 12.4 Å². The van der Waals surface area contributed by atoms with Gasteiger partial charge in [-0.05, 0) is 61.1 Å². The Morgan fingerprint density at radius 2 is 1.40 bits per heavy atom. The minimum Gasteiger partial charge on any atom is -1.00 e. The monoisotopic (exact) mass is 413 g/mol. The number of rotatable bonds is 12. The molecule has 0 aliphatic heterocycles. The molecule has 0 bridgehead atoms. The van der Waals surface area contributed by atoms with Crippen LogP contribution in [0.25, 0.3) is 0 Å². The lowest BCUT2D eigenvalue weighted by Gasteiger charge is -2.40. The van der Waals surface area contributed by atoms with Gasteiger partial charge in [-0.1, -0.05) is 39.5 Å². The zero-order valence-corrected chi connectivity index (χ0v) is 16.5. The van der Waals surface area contributed by atoms with Crippen molar-refractivity contribution in [3.8, 4) is 12.3 Å². The fraction of sp³-hybridized carbons (Fsp3) is 0.882. The molecule has 0 spiro atoms. The fourth-order valence-corrected chi connectivity index (χ4v) is 3.39. The highest BCUT2D eigenvalue weighted by molar-refractivity contribution is 14.1. The van der Waals surface area contributed by atoms with Crippen LogP contribution in [-0.4, -0.2) is 28.2 Å². The molecule has 20 heavy (non-hydrogen) atoms. The van der Waals surface area contributed by atoms with Crippen molar-refractivity contribution < 1.29 is 16.9 Å². The quantitative estimate of drug-likeness (QED) is 0.115. The van der Waals surface area contributed by atoms with Gasteiger partial charge in [0, 0.05) is 0 Å². The minimum absolute atomic E-state index is 0. The number of nitrogens with zero attached hydrogens (tertiary/aromatic N) is 1. The highest BCUT2D eigenvalue weighted by atomic mass is 127. The van der Waals surface area contributed by atoms with Crippen molar-refractivity contribution in [1.29, 1.82) is 0 Å². The van der Waals surface area contributed by atoms with Gasteiger partial charge in [0.2, 0.25) is 0 Å². The Morgan fingerprint density at radius 3 is 1.70 bits per heavy atom. The lowest BCUT2D eigenvalue weighted by molar-refractivity contribution is -0.926. The molecule has 0 aromatic heterocycles. The first-order chi connectivity index (χ1) is 9.13. The van der Waals surface area contributed by atoms with E-state index in [1.807, 2.05) is 0 Å². The molecule has 120 valence electrons. The van der Waals surface area contributed by atoms with Crippen LogP contribution in [0.5, 0.6) is 0 Å². The normalized spacial score (nSPS) is 12.6. The van der Waals surface area contributed by atoms with E-state index in [1.165, 1.54) is 64.5 Å². The largest absolute Gasteiger partial charge is 1.00 e. The Bertz CT molecular complexity index is 236. The second-order valence-electron chi connectivity index (χ2n) is 5.72. The third-order valence-corrected chi connectivity index (χ3v) is 5.26. The maximum Gasteiger partial charge on any atom is 0.141 e. The second-order valence-corrected chi connectivity index (χ2v) is 7.53. The van der Waals surface area contributed by atoms with E-state index in [0.717, 1.165) is 11.0 Å². The summed E-state index contributed by atoms with van der Waals surface area (Å²) >= 11 is 2.58. The Hall–Kier alpha value is 0.540. The summed E-state index contributed by atoms with van der Waals surface area (Å²) < 4.78 is 1.75. The van der Waals surface area contributed by atoms with Crippen LogP contribution in [0.4, 0.5) is 0 Å². The van der Waals surface area contributed by atoms with Crippen LogP contribution in [0.1, 0.15) is 72.1 Å². The van der Waals surface area contributed by atoms with Gasteiger partial charge in [-0.3, -0.25) is 0 Å². The number of hydrogen-bond acceptors (Lipinski definition) is 0. The summed E-state index contributed by atoms with van der Waals surface area (Å²) in [5, 5.41) is 0. The maximum atomic E-state index is 5.64. The average molecular weight is 414 g/mol. The van der Waals surface area contributed by atoms with Crippen LogP contribution >= 0.6 is 22.6 Å². The molecule has 0 amide bonds. The van der Waals surface area contributed by atoms with Crippen molar-refractivity contribution in [1.82, 2.24) is 0 Å². The van der Waals surface area contributed by atoms with Gasteiger partial charge in [-0.15, -0.1) is 6.42 Å². The average Bonchev–Trinajstić information content (AvgIpc) is 2.39. The van der Waals surface area contributed by atoms with E-state index in [2.05, 4.69) is 49.3 Å². The number of hydrogen-bond donors (Lipinski definition) is 0. The summed E-state index contributed by atoms with van der Waals surface area (Å²) in [6, 6.07) is 0. The zero-order chi connectivity index (χ0) is 14.6. The van der Waals surface area contributed by atoms with E-state index in [4.69, 9.17) is 6.42 Å². The van der Waals surface area contributed by atoms with Crippen LogP contribution in [0.3, 0.4) is 0 Å². The van der Waals surface area contributed by atoms with Crippen molar-refractivity contribution in [2.75, 3.05) is 19.6 Å². The van der Waals surface area contributed by atoms with Gasteiger partial charge in [-0.2, -0.15) is 0 Å². The lowest BCUT2D eigenvalue weighted by atomic mass is 10.1. The summed E-state index contributed by atoms with van der Waals surface area (Å²) in [7, 11) is 0. The lowest BCUT2D eigenvalue weighted by Crippen LogP contribution is -3.00. The van der Waals surface area contributed by atoms with E-state index in [9.17, 15) is 0 Å². The SMILES string of the molecule is C#CC[N+](CCCCCC)(CCCCCC)C(C)I.[Cl-]. The molecule has 0 heterocycles. The summed E-state index contributed by atoms with van der Waals surface area (Å²) in [4.78, 5) is 0. The Labute approximate surface area is 147 Å². The molecule has 0 aromatic rings. The van der Waals surface area contributed by atoms with Crippen molar-refractivity contribution in [2.24, 2.45) is 0 Å². The van der Waals surface area contributed by atoms with Crippen LogP contribution in [-0.2, 0) is 0 Å². The molecule has 0 saturated carbocycles. The Morgan fingerprint density at radius 1 is 0.950 bits per heavy atom. The van der Waals surface area contributed by atoms with Crippen LogP contribution in [0.15, 0.2) is 0 Å². The number of quaternary nitrogens is 1. The molecule has 1 atom stereocenters. The van der Waals surface area contributed by atoms with Crippen molar-refractivity contribution in [3.05, 3.63) is 0 Å². The zero-order valence-electron chi connectivity index (χ0n) is 13.6. The molecule has 0 fully saturated rings. The van der Waals surface area contributed by atoms with E-state index >= 15 is 0 Å². The second kappa shape index (κ2) is 14.5. The van der Waals surface area contributed by atoms with E-state index in [1.54, 1.807) is 0 Å². The summed E-state index contributed by atoms with van der Waals surface area (Å²) in [5.74, 6) is 2.94. The van der Waals surface area contributed by atoms with Gasteiger partial charge in [0.1, 0.15) is 10.6 Å². The van der Waals surface area contributed by atoms with E-state index in [-0.39, 0.29) is 12.4 Å². The molecule has 0 saturated heterocycles. The minimum atomic E-state index is 0. The molecule has 0 aliphatic carbocycles. The first kappa shape index (κ1) is 22.8. The van der Waals surface area contributed by atoms with Gasteiger partial charge < -0.3 is 16.9 Å². The molecule has 1 unspecified atom stereocenters. The molecule has 0 N–H and O–H groups in total. The number of unbranched alkanes of at least 4 members (excludes halogenated alkanes) is 6. The Kier molecular flexibility index (Phi) is 16.5. The van der Waals surface area contributed by atoms with E-state index in [0.29, 0.717) is 4.05 Å². The first-order valence-corrected chi connectivity index (χ1v) is 9.30. The third kappa shape index (κ3) is 9.47. The van der Waals surface area contributed by atoms with Crippen LogP contribution in [0, 0.1) is 12.3 Å². The maximum absolute atomic E-state index is 5.64. The molecule has 0 aromatic carbocycles. The summed E-state index contributed by atoms with van der Waals surface area (Å²) in [6.45, 7) is 10.3. The highest BCUT2D eigenvalue weighted by Crippen LogP contribution is 2.23. The number of alkyl halides is 1. The summed E-state index contributed by atoms with van der Waals surface area (Å²) in [5.41, 5.74) is 0. The molecule has 0 rings (SSSR count).